The molecule has 0 radical (unpaired) electrons. The molecule has 0 aliphatic rings. The molecule has 2 aromatic carbocycles. The second-order valence-corrected chi connectivity index (χ2v) is 5.29. The Morgan fingerprint density at radius 1 is 1.13 bits per heavy atom. The minimum atomic E-state index is -0.652. The van der Waals surface area contributed by atoms with E-state index in [4.69, 9.17) is 11.6 Å². The molecule has 0 aliphatic heterocycles. The Kier molecular flexibility index (Phi) is 5.43. The normalized spacial score (nSPS) is 10.0. The minimum absolute atomic E-state index is 0.0192. The van der Waals surface area contributed by atoms with Gasteiger partial charge in [-0.25, -0.2) is 0 Å². The fourth-order valence-electron chi connectivity index (χ4n) is 1.91. The van der Waals surface area contributed by atoms with Crippen LogP contribution in [0.25, 0.3) is 0 Å². The number of para-hydroxylation sites is 1. The number of hydrogen-bond acceptors (Lipinski definition) is 4. The molecule has 6 nitrogen and oxygen atoms in total. The van der Waals surface area contributed by atoms with Gasteiger partial charge in [-0.2, -0.15) is 0 Å². The third-order valence-electron chi connectivity index (χ3n) is 3.10. The number of likely N-dealkylation sites (N-methyl/N-ethyl adjacent to an activating group) is 1. The van der Waals surface area contributed by atoms with Crippen molar-refractivity contribution >= 4 is 29.1 Å². The quantitative estimate of drug-likeness (QED) is 0.747. The van der Waals surface area contributed by atoms with Crippen LogP contribution in [0, 0.1) is 0 Å². The summed E-state index contributed by atoms with van der Waals surface area (Å²) in [6.45, 7) is 0.0613. The molecule has 3 N–H and O–H groups in total. The molecule has 2 amide bonds. The van der Waals surface area contributed by atoms with E-state index in [2.05, 4.69) is 10.9 Å². The highest BCUT2D eigenvalue weighted by Crippen LogP contribution is 2.20. The van der Waals surface area contributed by atoms with Crippen LogP contribution in [0.15, 0.2) is 48.5 Å². The van der Waals surface area contributed by atoms with Gasteiger partial charge in [0.15, 0.2) is 0 Å². The molecular weight excluding hydrogens is 318 g/mol. The highest BCUT2D eigenvalue weighted by atomic mass is 35.5. The Balaban J connectivity index is 1.89. The molecule has 23 heavy (non-hydrogen) atoms. The zero-order valence-electron chi connectivity index (χ0n) is 12.4. The van der Waals surface area contributed by atoms with Gasteiger partial charge < -0.3 is 10.0 Å². The number of rotatable bonds is 4. The fourth-order valence-corrected chi connectivity index (χ4v) is 2.08. The molecule has 0 fully saturated rings. The van der Waals surface area contributed by atoms with Crippen molar-refractivity contribution in [2.75, 3.05) is 18.5 Å². The van der Waals surface area contributed by atoms with Crippen molar-refractivity contribution < 1.29 is 14.7 Å². The zero-order valence-corrected chi connectivity index (χ0v) is 13.2. The number of aromatic hydroxyl groups is 1. The first kappa shape index (κ1) is 16.6. The first-order valence-electron chi connectivity index (χ1n) is 6.81. The molecule has 0 saturated heterocycles. The SMILES string of the molecule is CN(CC(=O)NNC(=O)c1cc(Cl)ccc1O)c1ccccc1. The molecule has 0 aliphatic carbocycles. The van der Waals surface area contributed by atoms with E-state index in [-0.39, 0.29) is 17.9 Å². The summed E-state index contributed by atoms with van der Waals surface area (Å²) in [6.07, 6.45) is 0. The number of nitrogens with one attached hydrogen (secondary N) is 2. The average molecular weight is 334 g/mol. The molecule has 0 heterocycles. The van der Waals surface area contributed by atoms with E-state index in [1.807, 2.05) is 30.3 Å². The maximum absolute atomic E-state index is 11.9. The summed E-state index contributed by atoms with van der Waals surface area (Å²) >= 11 is 5.78. The molecule has 2 aromatic rings. The van der Waals surface area contributed by atoms with E-state index in [0.29, 0.717) is 5.02 Å². The van der Waals surface area contributed by atoms with Crippen LogP contribution in [0.3, 0.4) is 0 Å². The Morgan fingerprint density at radius 3 is 2.52 bits per heavy atom. The molecular formula is C16H16ClN3O3. The molecule has 0 bridgehead atoms. The number of carbonyl (C=O) groups is 2. The first-order valence-corrected chi connectivity index (χ1v) is 7.19. The van der Waals surface area contributed by atoms with Crippen molar-refractivity contribution in [3.8, 4) is 5.75 Å². The summed E-state index contributed by atoms with van der Waals surface area (Å²) in [6, 6.07) is 13.4. The summed E-state index contributed by atoms with van der Waals surface area (Å²) in [4.78, 5) is 25.5. The van der Waals surface area contributed by atoms with E-state index < -0.39 is 11.8 Å². The van der Waals surface area contributed by atoms with Gasteiger partial charge in [-0.3, -0.25) is 20.4 Å². The second-order valence-electron chi connectivity index (χ2n) is 4.86. The summed E-state index contributed by atoms with van der Waals surface area (Å²) in [7, 11) is 1.76. The first-order chi connectivity index (χ1) is 11.0. The maximum Gasteiger partial charge on any atom is 0.273 e. The van der Waals surface area contributed by atoms with Crippen molar-refractivity contribution in [2.24, 2.45) is 0 Å². The number of hydrogen-bond donors (Lipinski definition) is 3. The van der Waals surface area contributed by atoms with Crippen molar-refractivity contribution in [1.82, 2.24) is 10.9 Å². The lowest BCUT2D eigenvalue weighted by Gasteiger charge is -2.18. The van der Waals surface area contributed by atoms with Gasteiger partial charge in [0.05, 0.1) is 12.1 Å². The van der Waals surface area contributed by atoms with E-state index in [1.165, 1.54) is 18.2 Å². The van der Waals surface area contributed by atoms with E-state index in [0.717, 1.165) is 5.69 Å². The number of benzene rings is 2. The predicted octanol–water partition coefficient (Wildman–Crippen LogP) is 1.94. The van der Waals surface area contributed by atoms with Gasteiger partial charge in [0.2, 0.25) is 0 Å². The third-order valence-corrected chi connectivity index (χ3v) is 3.33. The summed E-state index contributed by atoms with van der Waals surface area (Å²) in [5.74, 6) is -1.27. The Labute approximate surface area is 138 Å². The van der Waals surface area contributed by atoms with Crippen molar-refractivity contribution in [3.05, 3.63) is 59.1 Å². The van der Waals surface area contributed by atoms with Gasteiger partial charge in [-0.1, -0.05) is 29.8 Å². The largest absolute Gasteiger partial charge is 0.507 e. The van der Waals surface area contributed by atoms with E-state index in [9.17, 15) is 14.7 Å². The minimum Gasteiger partial charge on any atom is -0.507 e. The van der Waals surface area contributed by atoms with E-state index >= 15 is 0 Å². The van der Waals surface area contributed by atoms with Gasteiger partial charge in [0, 0.05) is 17.8 Å². The number of halogens is 1. The topological polar surface area (TPSA) is 81.7 Å². The second kappa shape index (κ2) is 7.51. The van der Waals surface area contributed by atoms with Crippen molar-refractivity contribution in [3.63, 3.8) is 0 Å². The van der Waals surface area contributed by atoms with Gasteiger partial charge in [-0.05, 0) is 30.3 Å². The van der Waals surface area contributed by atoms with Crippen LogP contribution in [-0.2, 0) is 4.79 Å². The van der Waals surface area contributed by atoms with Crippen LogP contribution in [-0.4, -0.2) is 30.5 Å². The van der Waals surface area contributed by atoms with Gasteiger partial charge in [0.1, 0.15) is 5.75 Å². The number of phenols is 1. The highest BCUT2D eigenvalue weighted by Gasteiger charge is 2.13. The smallest absolute Gasteiger partial charge is 0.273 e. The molecule has 120 valence electrons. The van der Waals surface area contributed by atoms with Crippen LogP contribution in [0.1, 0.15) is 10.4 Å². The number of phenolic OH excluding ortho intramolecular Hbond substituents is 1. The van der Waals surface area contributed by atoms with Crippen LogP contribution in [0.4, 0.5) is 5.69 Å². The number of amides is 2. The lowest BCUT2D eigenvalue weighted by molar-refractivity contribution is -0.120. The van der Waals surface area contributed by atoms with Crippen LogP contribution < -0.4 is 15.8 Å². The van der Waals surface area contributed by atoms with Crippen molar-refractivity contribution in [1.29, 1.82) is 0 Å². The van der Waals surface area contributed by atoms with Gasteiger partial charge >= 0.3 is 0 Å². The van der Waals surface area contributed by atoms with Crippen LogP contribution >= 0.6 is 11.6 Å². The molecule has 0 saturated carbocycles. The number of hydrazine groups is 1. The Hall–Kier alpha value is -2.73. The number of carbonyl (C=O) groups excluding carboxylic acids is 2. The highest BCUT2D eigenvalue weighted by molar-refractivity contribution is 6.31. The zero-order chi connectivity index (χ0) is 16.8. The van der Waals surface area contributed by atoms with Gasteiger partial charge in [0.25, 0.3) is 11.8 Å². The standard InChI is InChI=1S/C16H16ClN3O3/c1-20(12-5-3-2-4-6-12)10-15(22)18-19-16(23)13-9-11(17)7-8-14(13)21/h2-9,21H,10H2,1H3,(H,18,22)(H,19,23). The molecule has 0 unspecified atom stereocenters. The maximum atomic E-state index is 11.9. The number of anilines is 1. The summed E-state index contributed by atoms with van der Waals surface area (Å²) in [5, 5.41) is 9.93. The monoisotopic (exact) mass is 333 g/mol. The Morgan fingerprint density at radius 2 is 1.83 bits per heavy atom. The van der Waals surface area contributed by atoms with Crippen LogP contribution in [0.5, 0.6) is 5.75 Å². The molecule has 2 rings (SSSR count). The fraction of sp³-hybridized carbons (Fsp3) is 0.125. The lowest BCUT2D eigenvalue weighted by atomic mass is 10.2. The van der Waals surface area contributed by atoms with Gasteiger partial charge in [-0.15, -0.1) is 0 Å². The van der Waals surface area contributed by atoms with E-state index in [1.54, 1.807) is 11.9 Å². The predicted molar refractivity (Wildman–Crippen MR) is 88.4 cm³/mol. The average Bonchev–Trinajstić information content (AvgIpc) is 2.55. The molecule has 0 atom stereocenters. The molecule has 0 aromatic heterocycles. The lowest BCUT2D eigenvalue weighted by Crippen LogP contribution is -2.45. The summed E-state index contributed by atoms with van der Waals surface area (Å²) in [5.41, 5.74) is 5.39. The Bertz CT molecular complexity index is 707. The van der Waals surface area contributed by atoms with Crippen molar-refractivity contribution in [2.45, 2.75) is 0 Å². The summed E-state index contributed by atoms with van der Waals surface area (Å²) < 4.78 is 0. The number of nitrogens with zero attached hydrogens (tertiary/aromatic N) is 1. The third kappa shape index (κ3) is 4.62. The molecule has 7 heteroatoms. The molecule has 0 spiro atoms. The van der Waals surface area contributed by atoms with Crippen LogP contribution in [0.2, 0.25) is 5.02 Å².